The standard InChI is InChI=1S/C23H19N3O3/c1-15-9-11-17(12-10-15)25-22(27)19-20(16-6-5-13-24-14-16)26(29-21(19)23(25)28)18-7-3-2-4-8-18/h2-14,19-21H,1H3/t19-,20+,21+/m0/s1. The lowest BCUT2D eigenvalue weighted by Gasteiger charge is -2.28. The van der Waals surface area contributed by atoms with E-state index in [9.17, 15) is 9.59 Å². The lowest BCUT2D eigenvalue weighted by molar-refractivity contribution is -0.126. The van der Waals surface area contributed by atoms with Gasteiger partial charge in [0.15, 0.2) is 6.10 Å². The summed E-state index contributed by atoms with van der Waals surface area (Å²) in [5.74, 6) is -1.24. The van der Waals surface area contributed by atoms with Gasteiger partial charge in [-0.1, -0.05) is 42.0 Å². The Labute approximate surface area is 168 Å². The third kappa shape index (κ3) is 2.80. The minimum atomic E-state index is -0.866. The van der Waals surface area contributed by atoms with Gasteiger partial charge in [-0.15, -0.1) is 0 Å². The number of pyridine rings is 1. The smallest absolute Gasteiger partial charge is 0.266 e. The summed E-state index contributed by atoms with van der Waals surface area (Å²) in [4.78, 5) is 38.1. The number of para-hydroxylation sites is 1. The van der Waals surface area contributed by atoms with Crippen LogP contribution in [0.5, 0.6) is 0 Å². The van der Waals surface area contributed by atoms with Crippen molar-refractivity contribution in [3.05, 3.63) is 90.3 Å². The van der Waals surface area contributed by atoms with Crippen LogP contribution < -0.4 is 9.96 Å². The predicted octanol–water partition coefficient (Wildman–Crippen LogP) is 3.44. The minimum absolute atomic E-state index is 0.254. The highest BCUT2D eigenvalue weighted by atomic mass is 16.7. The molecular formula is C23H19N3O3. The molecule has 0 unspecified atom stereocenters. The second kappa shape index (κ2) is 6.83. The van der Waals surface area contributed by atoms with Crippen LogP contribution in [0.4, 0.5) is 11.4 Å². The first kappa shape index (κ1) is 17.6. The Morgan fingerprint density at radius 3 is 2.31 bits per heavy atom. The van der Waals surface area contributed by atoms with E-state index >= 15 is 0 Å². The Balaban J connectivity index is 1.58. The number of amides is 2. The molecule has 6 nitrogen and oxygen atoms in total. The number of rotatable bonds is 3. The van der Waals surface area contributed by atoms with Crippen LogP contribution >= 0.6 is 0 Å². The molecule has 0 spiro atoms. The van der Waals surface area contributed by atoms with Gasteiger partial charge in [0.2, 0.25) is 5.91 Å². The number of hydrogen-bond acceptors (Lipinski definition) is 5. The molecule has 2 aromatic carbocycles. The average Bonchev–Trinajstić information content (AvgIpc) is 3.27. The number of nitrogens with zero attached hydrogens (tertiary/aromatic N) is 3. The fraction of sp³-hybridized carbons (Fsp3) is 0.174. The highest BCUT2D eigenvalue weighted by molar-refractivity contribution is 6.23. The number of anilines is 2. The van der Waals surface area contributed by atoms with Crippen LogP contribution in [0.2, 0.25) is 0 Å². The second-order valence-electron chi connectivity index (χ2n) is 7.29. The maximum atomic E-state index is 13.4. The summed E-state index contributed by atoms with van der Waals surface area (Å²) in [6.45, 7) is 1.96. The van der Waals surface area contributed by atoms with Gasteiger partial charge in [-0.2, -0.15) is 0 Å². The summed E-state index contributed by atoms with van der Waals surface area (Å²) in [6, 6.07) is 20.2. The van der Waals surface area contributed by atoms with Gasteiger partial charge in [0.1, 0.15) is 5.92 Å². The summed E-state index contributed by atoms with van der Waals surface area (Å²) in [5.41, 5.74) is 3.25. The molecule has 0 radical (unpaired) electrons. The zero-order chi connectivity index (χ0) is 20.0. The first-order valence-corrected chi connectivity index (χ1v) is 9.50. The third-order valence-corrected chi connectivity index (χ3v) is 5.44. The molecule has 2 aliphatic rings. The summed E-state index contributed by atoms with van der Waals surface area (Å²) in [6.07, 6.45) is 2.54. The van der Waals surface area contributed by atoms with Gasteiger partial charge < -0.3 is 0 Å². The number of imide groups is 1. The van der Waals surface area contributed by atoms with Crippen LogP contribution in [0.15, 0.2) is 79.1 Å². The van der Waals surface area contributed by atoms with Crippen molar-refractivity contribution in [1.82, 2.24) is 4.98 Å². The molecule has 0 bridgehead atoms. The first-order chi connectivity index (χ1) is 14.1. The van der Waals surface area contributed by atoms with Gasteiger partial charge in [0.05, 0.1) is 17.4 Å². The Bertz CT molecular complexity index is 1050. The average molecular weight is 385 g/mol. The minimum Gasteiger partial charge on any atom is -0.273 e. The summed E-state index contributed by atoms with van der Waals surface area (Å²) >= 11 is 0. The van der Waals surface area contributed by atoms with E-state index in [0.29, 0.717) is 5.69 Å². The highest BCUT2D eigenvalue weighted by Gasteiger charge is 2.60. The van der Waals surface area contributed by atoms with Crippen molar-refractivity contribution >= 4 is 23.2 Å². The Hall–Kier alpha value is -3.51. The SMILES string of the molecule is Cc1ccc(N2C(=O)[C@H]3[C@@H](c4cccnc4)N(c4ccccc4)O[C@H]3C2=O)cc1. The predicted molar refractivity (Wildman–Crippen MR) is 108 cm³/mol. The molecule has 3 atom stereocenters. The van der Waals surface area contributed by atoms with Crippen molar-refractivity contribution in [2.24, 2.45) is 5.92 Å². The van der Waals surface area contributed by atoms with Gasteiger partial charge in [-0.25, -0.2) is 9.96 Å². The third-order valence-electron chi connectivity index (χ3n) is 5.44. The maximum Gasteiger partial charge on any atom is 0.266 e. The van der Waals surface area contributed by atoms with Crippen LogP contribution in [0.25, 0.3) is 0 Å². The molecule has 1 aromatic heterocycles. The Kier molecular flexibility index (Phi) is 4.14. The number of carbonyl (C=O) groups excluding carboxylic acids is 2. The lowest BCUT2D eigenvalue weighted by Crippen LogP contribution is -2.37. The topological polar surface area (TPSA) is 62.7 Å². The monoisotopic (exact) mass is 385 g/mol. The summed E-state index contributed by atoms with van der Waals surface area (Å²) in [7, 11) is 0. The normalized spacial score (nSPS) is 23.6. The number of hydrogen-bond donors (Lipinski definition) is 0. The number of benzene rings is 2. The van der Waals surface area contributed by atoms with Gasteiger partial charge >= 0.3 is 0 Å². The van der Waals surface area contributed by atoms with Crippen molar-refractivity contribution in [2.45, 2.75) is 19.1 Å². The summed E-state index contributed by atoms with van der Waals surface area (Å²) in [5, 5.41) is 1.68. The lowest BCUT2D eigenvalue weighted by atomic mass is 9.91. The fourth-order valence-corrected chi connectivity index (χ4v) is 4.05. The maximum absolute atomic E-state index is 13.4. The van der Waals surface area contributed by atoms with Gasteiger partial charge in [0.25, 0.3) is 5.91 Å². The van der Waals surface area contributed by atoms with Crippen LogP contribution in [-0.4, -0.2) is 22.9 Å². The molecule has 0 aliphatic carbocycles. The van der Waals surface area contributed by atoms with E-state index < -0.39 is 18.1 Å². The zero-order valence-electron chi connectivity index (χ0n) is 15.8. The van der Waals surface area contributed by atoms with Crippen molar-refractivity contribution in [2.75, 3.05) is 9.96 Å². The van der Waals surface area contributed by atoms with Crippen molar-refractivity contribution in [3.63, 3.8) is 0 Å². The molecule has 3 aromatic rings. The largest absolute Gasteiger partial charge is 0.273 e. The van der Waals surface area contributed by atoms with Crippen molar-refractivity contribution in [3.8, 4) is 0 Å². The molecule has 144 valence electrons. The molecule has 2 fully saturated rings. The quantitative estimate of drug-likeness (QED) is 0.647. The van der Waals surface area contributed by atoms with E-state index in [1.807, 2.05) is 61.5 Å². The van der Waals surface area contributed by atoms with E-state index in [0.717, 1.165) is 16.8 Å². The number of aryl methyl sites for hydroxylation is 1. The highest BCUT2D eigenvalue weighted by Crippen LogP contribution is 2.47. The van der Waals surface area contributed by atoms with E-state index in [1.54, 1.807) is 29.6 Å². The van der Waals surface area contributed by atoms with Gasteiger partial charge in [-0.3, -0.25) is 19.4 Å². The first-order valence-electron chi connectivity index (χ1n) is 9.50. The van der Waals surface area contributed by atoms with Crippen LogP contribution in [0, 0.1) is 12.8 Å². The van der Waals surface area contributed by atoms with E-state index in [-0.39, 0.29) is 11.8 Å². The van der Waals surface area contributed by atoms with Crippen molar-refractivity contribution < 1.29 is 14.4 Å². The van der Waals surface area contributed by atoms with Gasteiger partial charge in [-0.05, 0) is 42.8 Å². The van der Waals surface area contributed by atoms with E-state index in [2.05, 4.69) is 4.98 Å². The number of hydroxylamine groups is 1. The molecule has 0 N–H and O–H groups in total. The van der Waals surface area contributed by atoms with Gasteiger partial charge in [0, 0.05) is 12.4 Å². The number of carbonyl (C=O) groups is 2. The van der Waals surface area contributed by atoms with Crippen molar-refractivity contribution in [1.29, 1.82) is 0 Å². The molecule has 0 saturated carbocycles. The Morgan fingerprint density at radius 1 is 0.862 bits per heavy atom. The zero-order valence-corrected chi connectivity index (χ0v) is 15.8. The van der Waals surface area contributed by atoms with E-state index in [1.165, 1.54) is 4.90 Å². The van der Waals surface area contributed by atoms with Crippen LogP contribution in [0.3, 0.4) is 0 Å². The van der Waals surface area contributed by atoms with Crippen LogP contribution in [-0.2, 0) is 14.4 Å². The Morgan fingerprint density at radius 2 is 1.62 bits per heavy atom. The summed E-state index contributed by atoms with van der Waals surface area (Å²) < 4.78 is 0. The fourth-order valence-electron chi connectivity index (χ4n) is 4.05. The number of aromatic nitrogens is 1. The molecular weight excluding hydrogens is 366 g/mol. The molecule has 29 heavy (non-hydrogen) atoms. The molecule has 5 rings (SSSR count). The molecule has 6 heteroatoms. The number of fused-ring (bicyclic) bond motifs is 1. The van der Waals surface area contributed by atoms with E-state index in [4.69, 9.17) is 4.84 Å². The second-order valence-corrected chi connectivity index (χ2v) is 7.29. The molecule has 3 heterocycles. The molecule has 2 amide bonds. The molecule has 2 saturated heterocycles. The molecule has 2 aliphatic heterocycles. The van der Waals surface area contributed by atoms with Crippen LogP contribution in [0.1, 0.15) is 17.2 Å².